The highest BCUT2D eigenvalue weighted by Gasteiger charge is 2.24. The quantitative estimate of drug-likeness (QED) is 0.650. The molecule has 1 aromatic carbocycles. The molecule has 140 valence electrons. The first-order chi connectivity index (χ1) is 11.8. The van der Waals surface area contributed by atoms with Gasteiger partial charge >= 0.3 is 0 Å². The van der Waals surface area contributed by atoms with Gasteiger partial charge in [-0.2, -0.15) is 0 Å². The molecule has 0 aromatic heterocycles. The smallest absolute Gasteiger partial charge is 0.254 e. The molecule has 1 heterocycles. The average Bonchev–Trinajstić information content (AvgIpc) is 2.60. The Morgan fingerprint density at radius 2 is 2.08 bits per heavy atom. The summed E-state index contributed by atoms with van der Waals surface area (Å²) < 4.78 is 45.4. The van der Waals surface area contributed by atoms with Crippen LogP contribution in [0.2, 0.25) is 0 Å². The van der Waals surface area contributed by atoms with E-state index in [0.29, 0.717) is 26.1 Å². The molecule has 0 aliphatic carbocycles. The number of hydrogen-bond donors (Lipinski definition) is 3. The molecule has 1 saturated heterocycles. The van der Waals surface area contributed by atoms with Crippen molar-refractivity contribution in [2.45, 2.75) is 30.8 Å². The molecule has 0 radical (unpaired) electrons. The number of hydrogen-bond acceptors (Lipinski definition) is 5. The maximum absolute atomic E-state index is 13.9. The Morgan fingerprint density at radius 3 is 2.72 bits per heavy atom. The Morgan fingerprint density at radius 1 is 1.40 bits per heavy atom. The van der Waals surface area contributed by atoms with Gasteiger partial charge < -0.3 is 15.2 Å². The maximum Gasteiger partial charge on any atom is 0.254 e. The molecule has 1 aliphatic heterocycles. The van der Waals surface area contributed by atoms with Gasteiger partial charge in [-0.1, -0.05) is 6.92 Å². The largest absolute Gasteiger partial charge is 0.391 e. The molecule has 7 nitrogen and oxygen atoms in total. The van der Waals surface area contributed by atoms with E-state index in [1.165, 1.54) is 0 Å². The summed E-state index contributed by atoms with van der Waals surface area (Å²) in [5.74, 6) is -1.58. The summed E-state index contributed by atoms with van der Waals surface area (Å²) in [6.07, 6.45) is 0.633. The van der Waals surface area contributed by atoms with Crippen LogP contribution in [0.4, 0.5) is 4.39 Å². The zero-order chi connectivity index (χ0) is 18.4. The van der Waals surface area contributed by atoms with Crippen molar-refractivity contribution in [1.82, 2.24) is 10.0 Å². The summed E-state index contributed by atoms with van der Waals surface area (Å²) in [6.45, 7) is 2.89. The summed E-state index contributed by atoms with van der Waals surface area (Å²) in [6, 6.07) is 3.03. The van der Waals surface area contributed by atoms with Gasteiger partial charge in [0.1, 0.15) is 5.82 Å². The molecule has 0 bridgehead atoms. The molecular weight excluding hydrogens is 351 g/mol. The van der Waals surface area contributed by atoms with Gasteiger partial charge in [0.15, 0.2) is 0 Å². The van der Waals surface area contributed by atoms with E-state index in [2.05, 4.69) is 10.0 Å². The number of aliphatic hydroxyl groups is 1. The van der Waals surface area contributed by atoms with Gasteiger partial charge in [-0.05, 0) is 37.0 Å². The van der Waals surface area contributed by atoms with E-state index in [4.69, 9.17) is 4.74 Å². The molecule has 2 rings (SSSR count). The van der Waals surface area contributed by atoms with Crippen molar-refractivity contribution >= 4 is 15.9 Å². The van der Waals surface area contributed by atoms with E-state index in [0.717, 1.165) is 18.2 Å². The topological polar surface area (TPSA) is 105 Å². The predicted molar refractivity (Wildman–Crippen MR) is 89.1 cm³/mol. The van der Waals surface area contributed by atoms with Crippen LogP contribution >= 0.6 is 0 Å². The first-order valence-corrected chi connectivity index (χ1v) is 9.66. The third-order valence-electron chi connectivity index (χ3n) is 4.11. The van der Waals surface area contributed by atoms with E-state index in [9.17, 15) is 22.7 Å². The Balaban J connectivity index is 2.05. The molecule has 1 atom stereocenters. The average molecular weight is 374 g/mol. The van der Waals surface area contributed by atoms with E-state index in [-0.39, 0.29) is 29.5 Å². The van der Waals surface area contributed by atoms with Gasteiger partial charge in [0.2, 0.25) is 10.0 Å². The second-order valence-electron chi connectivity index (χ2n) is 5.87. The molecule has 3 N–H and O–H groups in total. The van der Waals surface area contributed by atoms with Crippen molar-refractivity contribution < 1.29 is 27.4 Å². The molecule has 9 heteroatoms. The lowest BCUT2D eigenvalue weighted by molar-refractivity contribution is 0.00871. The minimum absolute atomic E-state index is 0.0133. The molecule has 1 unspecified atom stereocenters. The molecular formula is C16H23FN2O5S. The lowest BCUT2D eigenvalue weighted by Gasteiger charge is -2.26. The molecule has 1 aromatic rings. The highest BCUT2D eigenvalue weighted by molar-refractivity contribution is 7.89. The number of carbonyl (C=O) groups excluding carboxylic acids is 1. The van der Waals surface area contributed by atoms with Crippen LogP contribution in [0.15, 0.2) is 23.1 Å². The molecule has 25 heavy (non-hydrogen) atoms. The van der Waals surface area contributed by atoms with E-state index in [1.807, 2.05) is 0 Å². The Kier molecular flexibility index (Phi) is 6.88. The van der Waals surface area contributed by atoms with Gasteiger partial charge in [0.25, 0.3) is 5.91 Å². The fourth-order valence-corrected chi connectivity index (χ4v) is 3.75. The van der Waals surface area contributed by atoms with Crippen molar-refractivity contribution in [3.63, 3.8) is 0 Å². The SMILES string of the molecule is CCNS(=O)(=O)c1ccc(F)c(C(=O)NCC(O)C2CCOCC2)c1. The van der Waals surface area contributed by atoms with E-state index < -0.39 is 27.9 Å². The molecule has 1 fully saturated rings. The number of carbonyl (C=O) groups is 1. The number of rotatable bonds is 7. The van der Waals surface area contributed by atoms with E-state index >= 15 is 0 Å². The lowest BCUT2D eigenvalue weighted by atomic mass is 9.94. The van der Waals surface area contributed by atoms with Crippen LogP contribution in [-0.4, -0.2) is 51.8 Å². The zero-order valence-electron chi connectivity index (χ0n) is 14.0. The third kappa shape index (κ3) is 5.21. The number of nitrogens with one attached hydrogen (secondary N) is 2. The first kappa shape index (κ1) is 19.8. The summed E-state index contributed by atoms with van der Waals surface area (Å²) in [4.78, 5) is 12.0. The van der Waals surface area contributed by atoms with Crippen LogP contribution in [0.25, 0.3) is 0 Å². The van der Waals surface area contributed by atoms with Gasteiger partial charge in [0.05, 0.1) is 16.6 Å². The van der Waals surface area contributed by atoms with Crippen LogP contribution in [-0.2, 0) is 14.8 Å². The van der Waals surface area contributed by atoms with Crippen LogP contribution in [0.3, 0.4) is 0 Å². The van der Waals surface area contributed by atoms with Crippen LogP contribution < -0.4 is 10.0 Å². The van der Waals surface area contributed by atoms with E-state index in [1.54, 1.807) is 6.92 Å². The Hall–Kier alpha value is -1.55. The lowest BCUT2D eigenvalue weighted by Crippen LogP contribution is -2.38. The number of ether oxygens (including phenoxy) is 1. The standard InChI is InChI=1S/C16H23FN2O5S/c1-2-19-25(22,23)12-3-4-14(17)13(9-12)16(21)18-10-15(20)11-5-7-24-8-6-11/h3-4,9,11,15,19-20H,2,5-8,10H2,1H3,(H,18,21). The molecule has 0 saturated carbocycles. The van der Waals surface area contributed by atoms with Crippen molar-refractivity contribution in [3.8, 4) is 0 Å². The second kappa shape index (κ2) is 8.70. The Bertz CT molecular complexity index is 704. The number of benzene rings is 1. The van der Waals surface area contributed by atoms with Gasteiger partial charge in [0, 0.05) is 26.3 Å². The summed E-state index contributed by atoms with van der Waals surface area (Å²) in [5, 5.41) is 12.6. The zero-order valence-corrected chi connectivity index (χ0v) is 14.8. The van der Waals surface area contributed by atoms with Crippen LogP contribution in [0.1, 0.15) is 30.1 Å². The number of sulfonamides is 1. The number of halogens is 1. The predicted octanol–water partition coefficient (Wildman–Crippen LogP) is 0.641. The molecule has 1 aliphatic rings. The third-order valence-corrected chi connectivity index (χ3v) is 5.65. The highest BCUT2D eigenvalue weighted by Crippen LogP contribution is 2.19. The van der Waals surface area contributed by atoms with Crippen molar-refractivity contribution in [3.05, 3.63) is 29.6 Å². The summed E-state index contributed by atoms with van der Waals surface area (Å²) in [7, 11) is -3.79. The minimum Gasteiger partial charge on any atom is -0.391 e. The molecule has 0 spiro atoms. The van der Waals surface area contributed by atoms with Gasteiger partial charge in [-0.25, -0.2) is 17.5 Å². The van der Waals surface area contributed by atoms with Crippen LogP contribution in [0, 0.1) is 11.7 Å². The van der Waals surface area contributed by atoms with Crippen molar-refractivity contribution in [2.24, 2.45) is 5.92 Å². The van der Waals surface area contributed by atoms with Gasteiger partial charge in [-0.3, -0.25) is 4.79 Å². The minimum atomic E-state index is -3.79. The van der Waals surface area contributed by atoms with Crippen molar-refractivity contribution in [1.29, 1.82) is 0 Å². The second-order valence-corrected chi connectivity index (χ2v) is 7.64. The van der Waals surface area contributed by atoms with Gasteiger partial charge in [-0.15, -0.1) is 0 Å². The van der Waals surface area contributed by atoms with Crippen LogP contribution in [0.5, 0.6) is 0 Å². The fourth-order valence-electron chi connectivity index (χ4n) is 2.68. The fraction of sp³-hybridized carbons (Fsp3) is 0.562. The normalized spacial score (nSPS) is 17.2. The highest BCUT2D eigenvalue weighted by atomic mass is 32.2. The summed E-state index contributed by atoms with van der Waals surface area (Å²) >= 11 is 0. The first-order valence-electron chi connectivity index (χ1n) is 8.18. The van der Waals surface area contributed by atoms with Crippen molar-refractivity contribution in [2.75, 3.05) is 26.3 Å². The monoisotopic (exact) mass is 374 g/mol. The maximum atomic E-state index is 13.9. The number of aliphatic hydroxyl groups excluding tert-OH is 1. The molecule has 1 amide bonds. The number of amides is 1. The Labute approximate surface area is 146 Å². The summed E-state index contributed by atoms with van der Waals surface area (Å²) in [5.41, 5.74) is -0.377.